The molecule has 4 nitrogen and oxygen atoms in total. The first-order chi connectivity index (χ1) is 9.72. The number of hydrogen-bond acceptors (Lipinski definition) is 3. The molecule has 0 unspecified atom stereocenters. The molecule has 0 aliphatic rings. The molecule has 0 saturated heterocycles. The van der Waals surface area contributed by atoms with Gasteiger partial charge >= 0.3 is 0 Å². The molecule has 0 spiro atoms. The van der Waals surface area contributed by atoms with E-state index in [2.05, 4.69) is 23.4 Å². The Kier molecular flexibility index (Phi) is 2.84. The molecule has 1 heterocycles. The first-order valence-electron chi connectivity index (χ1n) is 6.17. The van der Waals surface area contributed by atoms with Crippen molar-refractivity contribution in [2.45, 2.75) is 0 Å². The van der Waals surface area contributed by atoms with Crippen LogP contribution in [0.25, 0.3) is 27.5 Å². The second kappa shape index (κ2) is 4.66. The van der Waals surface area contributed by atoms with Crippen LogP contribution in [0.2, 0.25) is 0 Å². The highest BCUT2D eigenvalue weighted by Gasteiger charge is 2.09. The highest BCUT2D eigenvalue weighted by Crippen LogP contribution is 2.21. The summed E-state index contributed by atoms with van der Waals surface area (Å²) in [5.41, 5.74) is 1.93. The molecule has 3 rings (SSSR count). The number of nitrogens with zero attached hydrogens (tertiary/aromatic N) is 3. The van der Waals surface area contributed by atoms with Crippen molar-refractivity contribution in [1.29, 1.82) is 0 Å². The minimum atomic E-state index is -0.00939. The maximum atomic E-state index is 9.77. The van der Waals surface area contributed by atoms with Gasteiger partial charge in [0.2, 0.25) is 0 Å². The van der Waals surface area contributed by atoms with Crippen LogP contribution < -0.4 is 0 Å². The fourth-order valence-corrected chi connectivity index (χ4v) is 2.10. The zero-order valence-electron chi connectivity index (χ0n) is 10.8. The van der Waals surface area contributed by atoms with Crippen LogP contribution in [0.3, 0.4) is 0 Å². The monoisotopic (exact) mass is 263 g/mol. The second-order valence-electron chi connectivity index (χ2n) is 4.36. The highest BCUT2D eigenvalue weighted by atomic mass is 16.3. The Hall–Kier alpha value is -2.88. The van der Waals surface area contributed by atoms with Gasteiger partial charge in [0.25, 0.3) is 0 Å². The summed E-state index contributed by atoms with van der Waals surface area (Å²) in [5.74, 6) is -0.00939. The van der Waals surface area contributed by atoms with Crippen molar-refractivity contribution in [2.24, 2.45) is 0 Å². The molecule has 0 aliphatic heterocycles. The molecular formula is C16H13N3O. The van der Waals surface area contributed by atoms with E-state index in [1.165, 1.54) is 16.9 Å². The first kappa shape index (κ1) is 12.2. The Balaban J connectivity index is 2.27. The topological polar surface area (TPSA) is 50.9 Å². The third-order valence-electron chi connectivity index (χ3n) is 3.11. The number of aliphatic hydroxyl groups is 1. The number of hydrogen-bond donors (Lipinski definition) is 1. The van der Waals surface area contributed by atoms with Gasteiger partial charge in [-0.25, -0.2) is 0 Å². The quantitative estimate of drug-likeness (QED) is 0.579. The van der Waals surface area contributed by atoms with Gasteiger partial charge in [-0.2, -0.15) is 0 Å². The third kappa shape index (κ3) is 1.87. The molecule has 0 bridgehead atoms. The molecule has 0 atom stereocenters. The molecular weight excluding hydrogens is 250 g/mol. The summed E-state index contributed by atoms with van der Waals surface area (Å²) in [6, 6.07) is 12.0. The average Bonchev–Trinajstić information content (AvgIpc) is 2.87. The Labute approximate surface area is 116 Å². The summed E-state index contributed by atoms with van der Waals surface area (Å²) >= 11 is 0. The standard InChI is InChI=1S/C16H13N3O/c1-3-15(16(20)4-2)19-17-13-9-11-7-5-6-8-12(11)10-14(13)18-19/h3-10,20H,1-2H2/b16-15-. The number of aromatic nitrogens is 3. The minimum absolute atomic E-state index is 0.00939. The number of fused-ring (bicyclic) bond motifs is 2. The fourth-order valence-electron chi connectivity index (χ4n) is 2.10. The molecule has 20 heavy (non-hydrogen) atoms. The lowest BCUT2D eigenvalue weighted by molar-refractivity contribution is 0.430. The molecule has 1 N–H and O–H groups in total. The maximum Gasteiger partial charge on any atom is 0.142 e. The van der Waals surface area contributed by atoms with E-state index in [9.17, 15) is 5.11 Å². The van der Waals surface area contributed by atoms with Crippen LogP contribution in [-0.2, 0) is 0 Å². The zero-order valence-corrected chi connectivity index (χ0v) is 10.8. The first-order valence-corrected chi connectivity index (χ1v) is 6.17. The molecule has 0 aliphatic carbocycles. The van der Waals surface area contributed by atoms with Crippen molar-refractivity contribution < 1.29 is 5.11 Å². The van der Waals surface area contributed by atoms with Crippen LogP contribution in [0.4, 0.5) is 0 Å². The fraction of sp³-hybridized carbons (Fsp3) is 0. The van der Waals surface area contributed by atoms with Crippen LogP contribution >= 0.6 is 0 Å². The molecule has 4 heteroatoms. The van der Waals surface area contributed by atoms with E-state index in [1.807, 2.05) is 36.4 Å². The summed E-state index contributed by atoms with van der Waals surface area (Å²) in [7, 11) is 0. The van der Waals surface area contributed by atoms with Gasteiger partial charge in [0.15, 0.2) is 0 Å². The van der Waals surface area contributed by atoms with Crippen molar-refractivity contribution >= 4 is 27.5 Å². The average molecular weight is 263 g/mol. The predicted molar refractivity (Wildman–Crippen MR) is 81.3 cm³/mol. The van der Waals surface area contributed by atoms with Crippen LogP contribution in [0.15, 0.2) is 67.5 Å². The van der Waals surface area contributed by atoms with Gasteiger partial charge in [0.1, 0.15) is 22.5 Å². The van der Waals surface area contributed by atoms with E-state index in [0.29, 0.717) is 5.70 Å². The summed E-state index contributed by atoms with van der Waals surface area (Å²) in [6.07, 6.45) is 2.83. The Morgan fingerprint density at radius 3 is 2.00 bits per heavy atom. The van der Waals surface area contributed by atoms with Crippen molar-refractivity contribution in [2.75, 3.05) is 0 Å². The molecule has 0 saturated carbocycles. The van der Waals surface area contributed by atoms with Gasteiger partial charge in [-0.05, 0) is 35.1 Å². The maximum absolute atomic E-state index is 9.77. The van der Waals surface area contributed by atoms with Gasteiger partial charge in [0.05, 0.1) is 0 Å². The van der Waals surface area contributed by atoms with Crippen LogP contribution in [-0.4, -0.2) is 20.1 Å². The summed E-state index contributed by atoms with van der Waals surface area (Å²) < 4.78 is 0. The Bertz CT molecular complexity index is 806. The van der Waals surface area contributed by atoms with Gasteiger partial charge in [-0.1, -0.05) is 37.4 Å². The lowest BCUT2D eigenvalue weighted by Gasteiger charge is -2.00. The van der Waals surface area contributed by atoms with E-state index >= 15 is 0 Å². The zero-order chi connectivity index (χ0) is 14.1. The molecule has 98 valence electrons. The number of allylic oxidation sites excluding steroid dienone is 3. The summed E-state index contributed by atoms with van der Waals surface area (Å²) in [5, 5.41) is 20.7. The van der Waals surface area contributed by atoms with E-state index < -0.39 is 0 Å². The molecule has 0 amide bonds. The van der Waals surface area contributed by atoms with Gasteiger partial charge in [-0.15, -0.1) is 15.0 Å². The Morgan fingerprint density at radius 1 is 1.00 bits per heavy atom. The molecule has 0 fully saturated rings. The van der Waals surface area contributed by atoms with Gasteiger partial charge in [0, 0.05) is 0 Å². The number of benzene rings is 2. The van der Waals surface area contributed by atoms with Crippen molar-refractivity contribution in [3.63, 3.8) is 0 Å². The summed E-state index contributed by atoms with van der Waals surface area (Å²) in [6.45, 7) is 7.19. The smallest absolute Gasteiger partial charge is 0.142 e. The normalized spacial score (nSPS) is 12.4. The van der Waals surface area contributed by atoms with E-state index in [1.54, 1.807) is 0 Å². The summed E-state index contributed by atoms with van der Waals surface area (Å²) in [4.78, 5) is 1.37. The molecule has 3 aromatic rings. The predicted octanol–water partition coefficient (Wildman–Crippen LogP) is 3.68. The van der Waals surface area contributed by atoms with Crippen molar-refractivity contribution in [1.82, 2.24) is 15.0 Å². The molecule has 0 radical (unpaired) electrons. The van der Waals surface area contributed by atoms with Crippen LogP contribution in [0, 0.1) is 0 Å². The van der Waals surface area contributed by atoms with Crippen molar-refractivity contribution in [3.8, 4) is 0 Å². The SMILES string of the molecule is C=C/C(O)=C(\C=C)n1nc2cc3ccccc3cc2n1. The minimum Gasteiger partial charge on any atom is -0.506 e. The third-order valence-corrected chi connectivity index (χ3v) is 3.11. The molecule has 2 aromatic carbocycles. The van der Waals surface area contributed by atoms with E-state index in [-0.39, 0.29) is 5.76 Å². The van der Waals surface area contributed by atoms with Crippen molar-refractivity contribution in [3.05, 3.63) is 67.5 Å². The highest BCUT2D eigenvalue weighted by molar-refractivity contribution is 5.94. The Morgan fingerprint density at radius 2 is 1.55 bits per heavy atom. The van der Waals surface area contributed by atoms with Crippen LogP contribution in [0.1, 0.15) is 0 Å². The van der Waals surface area contributed by atoms with Crippen LogP contribution in [0.5, 0.6) is 0 Å². The lowest BCUT2D eigenvalue weighted by atomic mass is 10.1. The second-order valence-corrected chi connectivity index (χ2v) is 4.36. The van der Waals surface area contributed by atoms with E-state index in [0.717, 1.165) is 21.8 Å². The number of rotatable bonds is 3. The van der Waals surface area contributed by atoms with Gasteiger partial charge in [-0.3, -0.25) is 0 Å². The molecule has 1 aromatic heterocycles. The van der Waals surface area contributed by atoms with E-state index in [4.69, 9.17) is 0 Å². The largest absolute Gasteiger partial charge is 0.506 e. The lowest BCUT2D eigenvalue weighted by Crippen LogP contribution is -2.01. The number of aliphatic hydroxyl groups excluding tert-OH is 1. The van der Waals surface area contributed by atoms with Gasteiger partial charge < -0.3 is 5.11 Å².